The Morgan fingerprint density at radius 2 is 2.17 bits per heavy atom. The quantitative estimate of drug-likeness (QED) is 0.595. The largest absolute Gasteiger partial charge is 0.320 e. The van der Waals surface area contributed by atoms with Gasteiger partial charge in [-0.1, -0.05) is 25.7 Å². The Morgan fingerprint density at radius 3 is 2.67 bits per heavy atom. The van der Waals surface area contributed by atoms with Crippen molar-refractivity contribution >= 4 is 8.24 Å². The Bertz CT molecular complexity index is 165. The van der Waals surface area contributed by atoms with Crippen molar-refractivity contribution in [2.75, 3.05) is 13.1 Å². The van der Waals surface area contributed by atoms with Gasteiger partial charge in [-0.05, 0) is 31.8 Å². The molecule has 1 nitrogen and oxygen atoms in total. The molecule has 1 heterocycles. The summed E-state index contributed by atoms with van der Waals surface area (Å²) in [5.41, 5.74) is 2.20. The summed E-state index contributed by atoms with van der Waals surface area (Å²) in [6.45, 7) is 13.7. The first kappa shape index (κ1) is 10.0. The number of hydrogen-bond donors (Lipinski definition) is 0. The zero-order chi connectivity index (χ0) is 9.19. The topological polar surface area (TPSA) is 3.24 Å². The molecule has 1 saturated heterocycles. The van der Waals surface area contributed by atoms with Crippen LogP contribution in [0.4, 0.5) is 0 Å². The lowest BCUT2D eigenvalue weighted by Gasteiger charge is -2.39. The summed E-state index contributed by atoms with van der Waals surface area (Å²) in [6.07, 6.45) is 2.80. The van der Waals surface area contributed by atoms with Crippen LogP contribution in [0.1, 0.15) is 19.8 Å². The minimum atomic E-state index is -1.22. The molecule has 70 valence electrons. The van der Waals surface area contributed by atoms with Crippen molar-refractivity contribution in [1.82, 2.24) is 4.57 Å². The van der Waals surface area contributed by atoms with E-state index >= 15 is 0 Å². The van der Waals surface area contributed by atoms with E-state index in [-0.39, 0.29) is 0 Å². The molecule has 0 bridgehead atoms. The molecule has 1 unspecified atom stereocenters. The maximum absolute atomic E-state index is 3.95. The summed E-state index contributed by atoms with van der Waals surface area (Å²) in [6, 6.07) is 0. The van der Waals surface area contributed by atoms with Gasteiger partial charge in [-0.15, -0.1) is 6.58 Å². The van der Waals surface area contributed by atoms with Crippen molar-refractivity contribution in [3.63, 3.8) is 0 Å². The smallest absolute Gasteiger partial charge is 0.146 e. The SMILES string of the molecule is C=C[Si](C)(C)N1CCCC(C)C1. The molecule has 0 aromatic heterocycles. The predicted octanol–water partition coefficient (Wildman–Crippen LogP) is 2.65. The Balaban J connectivity index is 2.56. The number of nitrogens with zero attached hydrogens (tertiary/aromatic N) is 1. The molecule has 0 N–H and O–H groups in total. The van der Waals surface area contributed by atoms with E-state index in [1.165, 1.54) is 25.9 Å². The fourth-order valence-corrected chi connectivity index (χ4v) is 3.62. The van der Waals surface area contributed by atoms with E-state index in [1.807, 2.05) is 0 Å². The Hall–Kier alpha value is -0.0831. The molecule has 0 radical (unpaired) electrons. The molecule has 0 amide bonds. The summed E-state index contributed by atoms with van der Waals surface area (Å²) >= 11 is 0. The number of rotatable bonds is 2. The van der Waals surface area contributed by atoms with Crippen molar-refractivity contribution < 1.29 is 0 Å². The second kappa shape index (κ2) is 3.75. The second-order valence-corrected chi connectivity index (χ2v) is 8.90. The summed E-state index contributed by atoms with van der Waals surface area (Å²) in [7, 11) is -1.22. The lowest BCUT2D eigenvalue weighted by atomic mass is 10.0. The lowest BCUT2D eigenvalue weighted by molar-refractivity contribution is 0.277. The van der Waals surface area contributed by atoms with E-state index < -0.39 is 8.24 Å². The van der Waals surface area contributed by atoms with Gasteiger partial charge < -0.3 is 4.57 Å². The number of hydrogen-bond acceptors (Lipinski definition) is 1. The molecule has 1 aliphatic rings. The van der Waals surface area contributed by atoms with Crippen LogP contribution in [0, 0.1) is 5.92 Å². The fourth-order valence-electron chi connectivity index (χ4n) is 1.84. The number of piperidine rings is 1. The van der Waals surface area contributed by atoms with E-state index in [1.54, 1.807) is 0 Å². The molecule has 0 aromatic rings. The molecule has 12 heavy (non-hydrogen) atoms. The van der Waals surface area contributed by atoms with Crippen LogP contribution in [0.15, 0.2) is 12.3 Å². The summed E-state index contributed by atoms with van der Waals surface area (Å²) in [4.78, 5) is 0. The van der Waals surface area contributed by atoms with Crippen LogP contribution < -0.4 is 0 Å². The van der Waals surface area contributed by atoms with Crippen molar-refractivity contribution in [3.05, 3.63) is 12.3 Å². The predicted molar refractivity (Wildman–Crippen MR) is 57.7 cm³/mol. The van der Waals surface area contributed by atoms with Crippen molar-refractivity contribution in [2.24, 2.45) is 5.92 Å². The van der Waals surface area contributed by atoms with Crippen LogP contribution in [0.25, 0.3) is 0 Å². The monoisotopic (exact) mass is 183 g/mol. The Labute approximate surface area is 77.5 Å². The third-order valence-electron chi connectivity index (χ3n) is 2.97. The van der Waals surface area contributed by atoms with Gasteiger partial charge in [0.25, 0.3) is 0 Å². The van der Waals surface area contributed by atoms with Gasteiger partial charge in [0.15, 0.2) is 0 Å². The van der Waals surface area contributed by atoms with Crippen LogP contribution in [0.2, 0.25) is 13.1 Å². The minimum Gasteiger partial charge on any atom is -0.320 e. The first-order valence-electron chi connectivity index (χ1n) is 4.95. The average molecular weight is 183 g/mol. The first-order chi connectivity index (χ1) is 5.56. The zero-order valence-corrected chi connectivity index (χ0v) is 9.64. The maximum Gasteiger partial charge on any atom is 0.146 e. The highest BCUT2D eigenvalue weighted by Crippen LogP contribution is 2.21. The van der Waals surface area contributed by atoms with Gasteiger partial charge in [0, 0.05) is 0 Å². The summed E-state index contributed by atoms with van der Waals surface area (Å²) in [5, 5.41) is 0. The summed E-state index contributed by atoms with van der Waals surface area (Å²) < 4.78 is 2.67. The van der Waals surface area contributed by atoms with E-state index in [4.69, 9.17) is 0 Å². The molecular weight excluding hydrogens is 162 g/mol. The van der Waals surface area contributed by atoms with E-state index in [0.29, 0.717) is 0 Å². The Kier molecular flexibility index (Phi) is 3.13. The zero-order valence-electron chi connectivity index (χ0n) is 8.64. The lowest BCUT2D eigenvalue weighted by Crippen LogP contribution is -2.51. The molecule has 1 atom stereocenters. The van der Waals surface area contributed by atoms with Gasteiger partial charge in [-0.2, -0.15) is 0 Å². The molecule has 1 fully saturated rings. The highest BCUT2D eigenvalue weighted by atomic mass is 28.3. The van der Waals surface area contributed by atoms with Gasteiger partial charge in [0.1, 0.15) is 8.24 Å². The van der Waals surface area contributed by atoms with E-state index in [2.05, 4.69) is 36.9 Å². The van der Waals surface area contributed by atoms with Gasteiger partial charge in [0.05, 0.1) is 0 Å². The first-order valence-corrected chi connectivity index (χ1v) is 7.97. The molecule has 0 saturated carbocycles. The fraction of sp³-hybridized carbons (Fsp3) is 0.800. The van der Waals surface area contributed by atoms with E-state index in [0.717, 1.165) is 5.92 Å². The van der Waals surface area contributed by atoms with Gasteiger partial charge in [0.2, 0.25) is 0 Å². The van der Waals surface area contributed by atoms with Crippen LogP contribution in [0.3, 0.4) is 0 Å². The standard InChI is InChI=1S/C10H21NSi/c1-5-12(3,4)11-8-6-7-10(2)9-11/h5,10H,1,6-9H2,2-4H3. The van der Waals surface area contributed by atoms with Gasteiger partial charge >= 0.3 is 0 Å². The minimum absolute atomic E-state index is 0.894. The molecule has 0 aliphatic carbocycles. The molecule has 0 spiro atoms. The second-order valence-electron chi connectivity index (χ2n) is 4.55. The van der Waals surface area contributed by atoms with Gasteiger partial charge in [-0.25, -0.2) is 0 Å². The molecule has 1 aliphatic heterocycles. The highest BCUT2D eigenvalue weighted by molar-refractivity contribution is 6.79. The van der Waals surface area contributed by atoms with E-state index in [9.17, 15) is 0 Å². The molecular formula is C10H21NSi. The van der Waals surface area contributed by atoms with Crippen LogP contribution in [-0.2, 0) is 0 Å². The third kappa shape index (κ3) is 2.20. The highest BCUT2D eigenvalue weighted by Gasteiger charge is 2.29. The Morgan fingerprint density at radius 1 is 1.50 bits per heavy atom. The van der Waals surface area contributed by atoms with Crippen LogP contribution in [0.5, 0.6) is 0 Å². The van der Waals surface area contributed by atoms with Crippen LogP contribution >= 0.6 is 0 Å². The normalized spacial score (nSPS) is 27.1. The van der Waals surface area contributed by atoms with Crippen molar-refractivity contribution in [1.29, 1.82) is 0 Å². The van der Waals surface area contributed by atoms with Crippen molar-refractivity contribution in [3.8, 4) is 0 Å². The maximum atomic E-state index is 3.95. The third-order valence-corrected chi connectivity index (χ3v) is 6.01. The van der Waals surface area contributed by atoms with Crippen molar-refractivity contribution in [2.45, 2.75) is 32.9 Å². The average Bonchev–Trinajstić information content (AvgIpc) is 2.05. The molecule has 0 aromatic carbocycles. The summed E-state index contributed by atoms with van der Waals surface area (Å²) in [5.74, 6) is 0.894. The molecule has 2 heteroatoms. The van der Waals surface area contributed by atoms with Gasteiger partial charge in [-0.3, -0.25) is 0 Å². The van der Waals surface area contributed by atoms with Crippen LogP contribution in [-0.4, -0.2) is 25.9 Å². The molecule has 1 rings (SSSR count).